The maximum absolute atomic E-state index is 10.4. The molecule has 0 heterocycles. The summed E-state index contributed by atoms with van der Waals surface area (Å²) in [4.78, 5) is 0. The van der Waals surface area contributed by atoms with Gasteiger partial charge >= 0.3 is 0 Å². The molecule has 0 bridgehead atoms. The average Bonchev–Trinajstić information content (AvgIpc) is 2.35. The lowest BCUT2D eigenvalue weighted by atomic mass is 9.46. The summed E-state index contributed by atoms with van der Waals surface area (Å²) < 4.78 is 0. The lowest BCUT2D eigenvalue weighted by molar-refractivity contribution is -0.105. The molecular weight excluding hydrogens is 272 g/mol. The van der Waals surface area contributed by atoms with Gasteiger partial charge in [0.1, 0.15) is 0 Å². The molecule has 2 aliphatic carbocycles. The van der Waals surface area contributed by atoms with E-state index in [4.69, 9.17) is 5.11 Å². The van der Waals surface area contributed by atoms with E-state index in [1.54, 1.807) is 0 Å². The Balaban J connectivity index is 2.23. The van der Waals surface area contributed by atoms with Gasteiger partial charge in [-0.3, -0.25) is 0 Å². The summed E-state index contributed by atoms with van der Waals surface area (Å²) in [6, 6.07) is 0. The van der Waals surface area contributed by atoms with Gasteiger partial charge in [0.25, 0.3) is 0 Å². The fourth-order valence-electron chi connectivity index (χ4n) is 5.60. The molecule has 0 amide bonds. The minimum Gasteiger partial charge on any atom is -0.393 e. The molecule has 2 nitrogen and oxygen atoms in total. The Kier molecular flexibility index (Phi) is 5.23. The van der Waals surface area contributed by atoms with E-state index in [0.717, 1.165) is 32.1 Å². The molecular formula is C20H34O2. The van der Waals surface area contributed by atoms with E-state index in [1.165, 1.54) is 17.6 Å². The standard InChI is InChI=1S/C20H34O2/c1-14(10-11-21)6-8-17-15(2)7-9-18-19(3,4)12-16(22)13-20(17,18)5/h10,16-18,21-22H,2,6-9,11-13H2,1,3-5H3/b14-10-/t16-,17-,18+,20+/m0/s1. The molecule has 0 aromatic carbocycles. The van der Waals surface area contributed by atoms with Crippen LogP contribution in [0.3, 0.4) is 0 Å². The van der Waals surface area contributed by atoms with Crippen molar-refractivity contribution < 1.29 is 10.2 Å². The highest BCUT2D eigenvalue weighted by atomic mass is 16.3. The quantitative estimate of drug-likeness (QED) is 0.752. The Labute approximate surface area is 136 Å². The largest absolute Gasteiger partial charge is 0.393 e. The summed E-state index contributed by atoms with van der Waals surface area (Å²) >= 11 is 0. The highest BCUT2D eigenvalue weighted by Gasteiger charge is 2.54. The second-order valence-electron chi connectivity index (χ2n) is 8.63. The Morgan fingerprint density at radius 1 is 1.32 bits per heavy atom. The molecule has 2 heteroatoms. The van der Waals surface area contributed by atoms with E-state index in [-0.39, 0.29) is 23.5 Å². The summed E-state index contributed by atoms with van der Waals surface area (Å²) in [5.41, 5.74) is 3.01. The second-order valence-corrected chi connectivity index (χ2v) is 8.63. The van der Waals surface area contributed by atoms with Crippen molar-refractivity contribution in [3.63, 3.8) is 0 Å². The fraction of sp³-hybridized carbons (Fsp3) is 0.800. The minimum absolute atomic E-state index is 0.128. The number of hydrogen-bond acceptors (Lipinski definition) is 2. The van der Waals surface area contributed by atoms with E-state index in [1.807, 2.05) is 6.08 Å². The van der Waals surface area contributed by atoms with Gasteiger partial charge < -0.3 is 10.2 Å². The zero-order valence-corrected chi connectivity index (χ0v) is 14.9. The third-order valence-electron chi connectivity index (χ3n) is 6.49. The Morgan fingerprint density at radius 2 is 2.00 bits per heavy atom. The van der Waals surface area contributed by atoms with Gasteiger partial charge in [0.05, 0.1) is 12.7 Å². The van der Waals surface area contributed by atoms with E-state index >= 15 is 0 Å². The van der Waals surface area contributed by atoms with Crippen LogP contribution in [0.4, 0.5) is 0 Å². The first kappa shape index (κ1) is 17.7. The van der Waals surface area contributed by atoms with Crippen LogP contribution in [0.5, 0.6) is 0 Å². The molecule has 2 aliphatic rings. The van der Waals surface area contributed by atoms with Gasteiger partial charge in [-0.05, 0) is 68.1 Å². The third kappa shape index (κ3) is 3.33. The predicted molar refractivity (Wildman–Crippen MR) is 92.6 cm³/mol. The lowest BCUT2D eigenvalue weighted by Crippen LogP contribution is -2.53. The highest BCUT2D eigenvalue weighted by Crippen LogP contribution is 2.61. The predicted octanol–water partition coefficient (Wildman–Crippen LogP) is 4.47. The Morgan fingerprint density at radius 3 is 2.64 bits per heavy atom. The molecule has 126 valence electrons. The molecule has 2 rings (SSSR count). The molecule has 2 saturated carbocycles. The Hall–Kier alpha value is -0.600. The minimum atomic E-state index is -0.182. The van der Waals surface area contributed by atoms with Crippen LogP contribution in [0.15, 0.2) is 23.8 Å². The van der Waals surface area contributed by atoms with E-state index in [0.29, 0.717) is 11.8 Å². The molecule has 0 aromatic heterocycles. The van der Waals surface area contributed by atoms with E-state index in [2.05, 4.69) is 34.3 Å². The van der Waals surface area contributed by atoms with E-state index in [9.17, 15) is 5.11 Å². The molecule has 2 fully saturated rings. The maximum atomic E-state index is 10.4. The van der Waals surface area contributed by atoms with Crippen molar-refractivity contribution in [1.82, 2.24) is 0 Å². The first-order valence-corrected chi connectivity index (χ1v) is 8.83. The summed E-state index contributed by atoms with van der Waals surface area (Å²) in [5, 5.41) is 19.5. The molecule has 0 saturated heterocycles. The van der Waals surface area contributed by atoms with Crippen LogP contribution in [0.25, 0.3) is 0 Å². The maximum Gasteiger partial charge on any atom is 0.0614 e. The van der Waals surface area contributed by atoms with Gasteiger partial charge in [-0.2, -0.15) is 0 Å². The van der Waals surface area contributed by atoms with Gasteiger partial charge in [0.2, 0.25) is 0 Å². The van der Waals surface area contributed by atoms with Crippen LogP contribution < -0.4 is 0 Å². The first-order chi connectivity index (χ1) is 10.2. The molecule has 0 aromatic rings. The average molecular weight is 306 g/mol. The van der Waals surface area contributed by atoms with Crippen LogP contribution >= 0.6 is 0 Å². The Bertz CT molecular complexity index is 449. The van der Waals surface area contributed by atoms with Crippen LogP contribution in [0.1, 0.15) is 66.2 Å². The normalized spacial score (nSPS) is 38.7. The topological polar surface area (TPSA) is 40.5 Å². The van der Waals surface area contributed by atoms with Crippen molar-refractivity contribution in [2.45, 2.75) is 72.3 Å². The summed E-state index contributed by atoms with van der Waals surface area (Å²) in [7, 11) is 0. The number of allylic oxidation sites excluding steroid dienone is 2. The number of rotatable bonds is 4. The van der Waals surface area contributed by atoms with Crippen LogP contribution in [0, 0.1) is 22.7 Å². The van der Waals surface area contributed by atoms with Crippen LogP contribution in [-0.4, -0.2) is 22.9 Å². The monoisotopic (exact) mass is 306 g/mol. The molecule has 4 atom stereocenters. The second kappa shape index (κ2) is 6.49. The zero-order valence-electron chi connectivity index (χ0n) is 14.9. The smallest absolute Gasteiger partial charge is 0.0614 e. The molecule has 0 aliphatic heterocycles. The van der Waals surface area contributed by atoms with Gasteiger partial charge in [-0.25, -0.2) is 0 Å². The molecule has 2 N–H and O–H groups in total. The van der Waals surface area contributed by atoms with Gasteiger partial charge in [-0.15, -0.1) is 0 Å². The van der Waals surface area contributed by atoms with Crippen molar-refractivity contribution in [2.24, 2.45) is 22.7 Å². The van der Waals surface area contributed by atoms with Crippen molar-refractivity contribution in [2.75, 3.05) is 6.61 Å². The molecule has 0 spiro atoms. The summed E-state index contributed by atoms with van der Waals surface area (Å²) in [6.07, 6.45) is 8.03. The molecule has 0 radical (unpaired) electrons. The lowest BCUT2D eigenvalue weighted by Gasteiger charge is -2.59. The molecule has 22 heavy (non-hydrogen) atoms. The zero-order chi connectivity index (χ0) is 16.5. The van der Waals surface area contributed by atoms with Crippen LogP contribution in [0.2, 0.25) is 0 Å². The number of fused-ring (bicyclic) bond motifs is 1. The third-order valence-corrected chi connectivity index (χ3v) is 6.49. The first-order valence-electron chi connectivity index (χ1n) is 8.83. The van der Waals surface area contributed by atoms with Gasteiger partial charge in [0, 0.05) is 0 Å². The SMILES string of the molecule is C=C1CC[C@@H]2C(C)(C)C[C@H](O)C[C@]2(C)[C@H]1CC/C(C)=C\CO. The van der Waals surface area contributed by atoms with E-state index < -0.39 is 0 Å². The van der Waals surface area contributed by atoms with Crippen molar-refractivity contribution in [3.05, 3.63) is 23.8 Å². The fourth-order valence-corrected chi connectivity index (χ4v) is 5.60. The summed E-state index contributed by atoms with van der Waals surface area (Å²) in [6.45, 7) is 13.7. The van der Waals surface area contributed by atoms with Gasteiger partial charge in [-0.1, -0.05) is 44.6 Å². The number of aliphatic hydroxyl groups excluding tert-OH is 2. The van der Waals surface area contributed by atoms with Crippen LogP contribution in [-0.2, 0) is 0 Å². The van der Waals surface area contributed by atoms with Crippen molar-refractivity contribution >= 4 is 0 Å². The summed E-state index contributed by atoms with van der Waals surface area (Å²) in [5.74, 6) is 1.16. The highest BCUT2D eigenvalue weighted by molar-refractivity contribution is 5.17. The number of aliphatic hydroxyl groups is 2. The van der Waals surface area contributed by atoms with Crippen molar-refractivity contribution in [3.8, 4) is 0 Å². The van der Waals surface area contributed by atoms with Gasteiger partial charge in [0.15, 0.2) is 0 Å². The number of hydrogen-bond donors (Lipinski definition) is 2. The van der Waals surface area contributed by atoms with Crippen molar-refractivity contribution in [1.29, 1.82) is 0 Å². The molecule has 0 unspecified atom stereocenters.